The Labute approximate surface area is 113 Å². The van der Waals surface area contributed by atoms with Crippen molar-refractivity contribution in [3.63, 3.8) is 0 Å². The summed E-state index contributed by atoms with van der Waals surface area (Å²) in [6, 6.07) is 0. The van der Waals surface area contributed by atoms with E-state index in [2.05, 4.69) is 0 Å². The Morgan fingerprint density at radius 2 is 1.05 bits per heavy atom. The van der Waals surface area contributed by atoms with Crippen molar-refractivity contribution < 1.29 is 29.2 Å². The molecule has 0 atom stereocenters. The van der Waals surface area contributed by atoms with Crippen LogP contribution in [-0.4, -0.2) is 56.0 Å². The third-order valence-electron chi connectivity index (χ3n) is 4.39. The molecular formula is C13H24O6. The minimum Gasteiger partial charge on any atom is -0.396 e. The van der Waals surface area contributed by atoms with Crippen LogP contribution in [0.3, 0.4) is 0 Å². The predicted octanol–water partition coefficient (Wildman–Crippen LogP) is 0.469. The van der Waals surface area contributed by atoms with Crippen molar-refractivity contribution in [1.82, 2.24) is 0 Å². The monoisotopic (exact) mass is 276 g/mol. The average molecular weight is 276 g/mol. The highest BCUT2D eigenvalue weighted by Gasteiger charge is 2.51. The van der Waals surface area contributed by atoms with Crippen molar-refractivity contribution in [2.24, 2.45) is 10.8 Å². The maximum atomic E-state index is 9.41. The summed E-state index contributed by atoms with van der Waals surface area (Å²) < 4.78 is 22.3. The Kier molecular flexibility index (Phi) is 4.49. The molecule has 0 aliphatic carbocycles. The van der Waals surface area contributed by atoms with Crippen molar-refractivity contribution in [2.75, 3.05) is 39.6 Å². The van der Waals surface area contributed by atoms with E-state index >= 15 is 0 Å². The molecular weight excluding hydrogens is 252 g/mol. The largest absolute Gasteiger partial charge is 0.412 e. The number of aliphatic hydroxyl groups is 2. The van der Waals surface area contributed by atoms with Gasteiger partial charge in [0.2, 0.25) is 0 Å². The van der Waals surface area contributed by atoms with Crippen molar-refractivity contribution >= 4 is 0 Å². The van der Waals surface area contributed by atoms with E-state index in [0.29, 0.717) is 26.4 Å². The molecule has 1 spiro atoms. The molecule has 2 saturated heterocycles. The molecule has 6 heteroatoms. The smallest absolute Gasteiger partial charge is 0.396 e. The lowest BCUT2D eigenvalue weighted by molar-refractivity contribution is -0.548. The summed E-state index contributed by atoms with van der Waals surface area (Å²) in [5.41, 5.74) is -0.761. The van der Waals surface area contributed by atoms with Crippen LogP contribution in [0.1, 0.15) is 26.7 Å². The Balaban J connectivity index is 1.95. The minimum atomic E-state index is -1.46. The fourth-order valence-corrected chi connectivity index (χ4v) is 2.11. The molecule has 0 bridgehead atoms. The fourth-order valence-electron chi connectivity index (χ4n) is 2.11. The lowest BCUT2D eigenvalue weighted by atomic mass is 9.87. The van der Waals surface area contributed by atoms with Gasteiger partial charge in [0.15, 0.2) is 0 Å². The Morgan fingerprint density at radius 3 is 1.26 bits per heavy atom. The zero-order chi connectivity index (χ0) is 14.0. The molecule has 0 aromatic carbocycles. The summed E-state index contributed by atoms with van der Waals surface area (Å²) in [6.45, 7) is 5.31. The van der Waals surface area contributed by atoms with Crippen molar-refractivity contribution in [3.05, 3.63) is 0 Å². The molecule has 2 rings (SSSR count). The Bertz CT molecular complexity index is 244. The minimum absolute atomic E-state index is 0.00905. The van der Waals surface area contributed by atoms with E-state index < -0.39 is 6.16 Å². The average Bonchev–Trinajstić information content (AvgIpc) is 2.50. The zero-order valence-electron chi connectivity index (χ0n) is 11.7. The summed E-state index contributed by atoms with van der Waals surface area (Å²) in [5, 5.41) is 18.8. The highest BCUT2D eigenvalue weighted by Crippen LogP contribution is 2.39. The first-order chi connectivity index (χ1) is 9.07. The van der Waals surface area contributed by atoms with Crippen LogP contribution in [0.5, 0.6) is 0 Å². The van der Waals surface area contributed by atoms with Gasteiger partial charge in [0.25, 0.3) is 0 Å². The molecule has 112 valence electrons. The highest BCUT2D eigenvalue weighted by atomic mass is 17.0. The molecule has 0 amide bonds. The molecule has 19 heavy (non-hydrogen) atoms. The number of hydrogen-bond donors (Lipinski definition) is 2. The van der Waals surface area contributed by atoms with Crippen LogP contribution in [-0.2, 0) is 18.9 Å². The molecule has 2 N–H and O–H groups in total. The maximum Gasteiger partial charge on any atom is 0.412 e. The zero-order valence-corrected chi connectivity index (χ0v) is 11.7. The second-order valence-electron chi connectivity index (χ2n) is 5.68. The maximum absolute atomic E-state index is 9.41. The highest BCUT2D eigenvalue weighted by molar-refractivity contribution is 4.84. The van der Waals surface area contributed by atoms with Crippen LogP contribution in [0, 0.1) is 10.8 Å². The van der Waals surface area contributed by atoms with Gasteiger partial charge in [0, 0.05) is 10.8 Å². The van der Waals surface area contributed by atoms with Gasteiger partial charge in [-0.3, -0.25) is 0 Å². The molecule has 2 aliphatic rings. The summed E-state index contributed by atoms with van der Waals surface area (Å²) in [5.74, 6) is 0. The van der Waals surface area contributed by atoms with E-state index in [-0.39, 0.29) is 24.0 Å². The second-order valence-corrected chi connectivity index (χ2v) is 5.68. The van der Waals surface area contributed by atoms with Gasteiger partial charge in [-0.05, 0) is 12.8 Å². The summed E-state index contributed by atoms with van der Waals surface area (Å²) >= 11 is 0. The first-order valence-corrected chi connectivity index (χ1v) is 6.85. The standard InChI is InChI=1S/C13H24O6/c1-3-11(5-14)7-16-13(17-8-11)18-9-12(4-2,6-15)10-19-13/h14-15H,3-10H2,1-2H3. The number of rotatable bonds is 4. The van der Waals surface area contributed by atoms with E-state index in [1.165, 1.54) is 0 Å². The quantitative estimate of drug-likeness (QED) is 0.777. The third-order valence-corrected chi connectivity index (χ3v) is 4.39. The number of aliphatic hydroxyl groups excluding tert-OH is 2. The summed E-state index contributed by atoms with van der Waals surface area (Å²) in [4.78, 5) is 0. The number of ether oxygens (including phenoxy) is 4. The van der Waals surface area contributed by atoms with Crippen LogP contribution < -0.4 is 0 Å². The van der Waals surface area contributed by atoms with Gasteiger partial charge < -0.3 is 29.2 Å². The van der Waals surface area contributed by atoms with Crippen LogP contribution in [0.15, 0.2) is 0 Å². The molecule has 0 aromatic rings. The van der Waals surface area contributed by atoms with Crippen LogP contribution in [0.25, 0.3) is 0 Å². The first kappa shape index (κ1) is 15.2. The van der Waals surface area contributed by atoms with Gasteiger partial charge >= 0.3 is 6.16 Å². The topological polar surface area (TPSA) is 77.4 Å². The first-order valence-electron chi connectivity index (χ1n) is 6.85. The second kappa shape index (κ2) is 5.63. The predicted molar refractivity (Wildman–Crippen MR) is 66.2 cm³/mol. The van der Waals surface area contributed by atoms with E-state index in [4.69, 9.17) is 18.9 Å². The van der Waals surface area contributed by atoms with Gasteiger partial charge in [-0.15, -0.1) is 0 Å². The van der Waals surface area contributed by atoms with E-state index in [1.54, 1.807) is 0 Å². The molecule has 2 heterocycles. The summed E-state index contributed by atoms with van der Waals surface area (Å²) in [6.07, 6.45) is 0.0614. The van der Waals surface area contributed by atoms with Gasteiger partial charge in [0.1, 0.15) is 0 Å². The molecule has 2 aliphatic heterocycles. The lowest BCUT2D eigenvalue weighted by Crippen LogP contribution is -2.59. The Hall–Kier alpha value is -0.240. The summed E-state index contributed by atoms with van der Waals surface area (Å²) in [7, 11) is 0. The van der Waals surface area contributed by atoms with E-state index in [1.807, 2.05) is 13.8 Å². The van der Waals surface area contributed by atoms with E-state index in [0.717, 1.165) is 12.8 Å². The van der Waals surface area contributed by atoms with Gasteiger partial charge in [-0.1, -0.05) is 13.8 Å². The lowest BCUT2D eigenvalue weighted by Gasteiger charge is -2.48. The van der Waals surface area contributed by atoms with Gasteiger partial charge in [-0.2, -0.15) is 0 Å². The number of hydrogen-bond acceptors (Lipinski definition) is 6. The molecule has 0 aromatic heterocycles. The molecule has 0 unspecified atom stereocenters. The van der Waals surface area contributed by atoms with Gasteiger partial charge in [-0.25, -0.2) is 0 Å². The van der Waals surface area contributed by atoms with E-state index in [9.17, 15) is 10.2 Å². The fraction of sp³-hybridized carbons (Fsp3) is 1.00. The van der Waals surface area contributed by atoms with Crippen LogP contribution in [0.4, 0.5) is 0 Å². The normalized spacial score (nSPS) is 43.6. The molecule has 6 nitrogen and oxygen atoms in total. The SMILES string of the molecule is CCC1(CO)COC2(OC1)OCC(CC)(CO)CO2. The van der Waals surface area contributed by atoms with Gasteiger partial charge in [0.05, 0.1) is 39.6 Å². The van der Waals surface area contributed by atoms with Crippen LogP contribution >= 0.6 is 0 Å². The van der Waals surface area contributed by atoms with Crippen molar-refractivity contribution in [3.8, 4) is 0 Å². The molecule has 0 radical (unpaired) electrons. The van der Waals surface area contributed by atoms with Crippen molar-refractivity contribution in [1.29, 1.82) is 0 Å². The third kappa shape index (κ3) is 2.79. The van der Waals surface area contributed by atoms with Crippen molar-refractivity contribution in [2.45, 2.75) is 32.8 Å². The Morgan fingerprint density at radius 1 is 0.737 bits per heavy atom. The molecule has 2 fully saturated rings. The molecule has 0 saturated carbocycles. The van der Waals surface area contributed by atoms with Crippen LogP contribution in [0.2, 0.25) is 0 Å².